The van der Waals surface area contributed by atoms with E-state index in [-0.39, 0.29) is 5.91 Å². The maximum Gasteiger partial charge on any atom is 0.254 e. The van der Waals surface area contributed by atoms with E-state index in [0.29, 0.717) is 43.6 Å². The smallest absolute Gasteiger partial charge is 0.254 e. The van der Waals surface area contributed by atoms with E-state index >= 15 is 0 Å². The van der Waals surface area contributed by atoms with E-state index in [0.717, 1.165) is 45.1 Å². The van der Waals surface area contributed by atoms with Gasteiger partial charge in [0.15, 0.2) is 0 Å². The fourth-order valence-electron chi connectivity index (χ4n) is 4.01. The highest BCUT2D eigenvalue weighted by Crippen LogP contribution is 2.33. The number of aryl methyl sites for hydroxylation is 1. The van der Waals surface area contributed by atoms with Gasteiger partial charge in [-0.3, -0.25) is 9.79 Å². The van der Waals surface area contributed by atoms with Crippen LogP contribution in [0.5, 0.6) is 5.75 Å². The molecule has 3 aromatic rings. The molecule has 2 aromatic carbocycles. The summed E-state index contributed by atoms with van der Waals surface area (Å²) in [5.74, 6) is 2.18. The van der Waals surface area contributed by atoms with Crippen LogP contribution in [-0.4, -0.2) is 71.5 Å². The van der Waals surface area contributed by atoms with Gasteiger partial charge in [0.1, 0.15) is 11.3 Å². The topological polar surface area (TPSA) is 88.9 Å². The molecule has 0 bridgehead atoms. The number of hydrogen-bond acceptors (Lipinski definition) is 8. The quantitative estimate of drug-likeness (QED) is 0.618. The third-order valence-electron chi connectivity index (χ3n) is 5.83. The molecule has 0 spiro atoms. The lowest BCUT2D eigenvalue weighted by Gasteiger charge is -2.26. The number of rotatable bonds is 5. The van der Waals surface area contributed by atoms with Crippen molar-refractivity contribution in [1.29, 1.82) is 0 Å². The molecule has 3 heterocycles. The molecule has 0 unspecified atom stereocenters. The number of ether oxygens (including phenoxy) is 2. The summed E-state index contributed by atoms with van der Waals surface area (Å²) in [4.78, 5) is 28.3. The number of fused-ring (bicyclic) bond motifs is 1. The van der Waals surface area contributed by atoms with Crippen molar-refractivity contribution in [2.24, 2.45) is 4.99 Å². The number of nitrogens with zero attached hydrogens (tertiary/aromatic N) is 4. The van der Waals surface area contributed by atoms with E-state index in [1.807, 2.05) is 41.4 Å². The van der Waals surface area contributed by atoms with Gasteiger partial charge in [-0.2, -0.15) is 0 Å². The largest absolute Gasteiger partial charge is 0.494 e. The molecule has 0 radical (unpaired) electrons. The maximum absolute atomic E-state index is 12.6. The number of benzene rings is 2. The van der Waals surface area contributed by atoms with Gasteiger partial charge in [-0.15, -0.1) is 11.8 Å². The summed E-state index contributed by atoms with van der Waals surface area (Å²) in [7, 11) is 1.65. The fourth-order valence-corrected chi connectivity index (χ4v) is 4.93. The number of nitrogens with one attached hydrogen (secondary N) is 1. The number of carbonyl (C=O) groups is 1. The fraction of sp³-hybridized carbons (Fsp3) is 0.333. The first kappa shape index (κ1) is 21.7. The molecule has 2 aliphatic rings. The lowest BCUT2D eigenvalue weighted by Crippen LogP contribution is -2.40. The second-order valence-corrected chi connectivity index (χ2v) is 8.93. The Labute approximate surface area is 196 Å². The lowest BCUT2D eigenvalue weighted by molar-refractivity contribution is 0.0303. The van der Waals surface area contributed by atoms with Crippen LogP contribution in [0.25, 0.3) is 10.9 Å². The second-order valence-electron chi connectivity index (χ2n) is 7.85. The number of thioether (sulfide) groups is 1. The van der Waals surface area contributed by atoms with Gasteiger partial charge in [0.05, 0.1) is 25.4 Å². The minimum absolute atomic E-state index is 0.0212. The van der Waals surface area contributed by atoms with Crippen molar-refractivity contribution < 1.29 is 14.3 Å². The number of hydrogen-bond donors (Lipinski definition) is 1. The highest BCUT2D eigenvalue weighted by Gasteiger charge is 2.20. The van der Waals surface area contributed by atoms with Crippen LogP contribution in [0, 0.1) is 6.92 Å². The van der Waals surface area contributed by atoms with Crippen molar-refractivity contribution in [1.82, 2.24) is 14.9 Å². The van der Waals surface area contributed by atoms with Crippen LogP contribution >= 0.6 is 11.8 Å². The Balaban J connectivity index is 1.39. The summed E-state index contributed by atoms with van der Waals surface area (Å²) in [5, 5.41) is 5.22. The van der Waals surface area contributed by atoms with Gasteiger partial charge in [0, 0.05) is 53.8 Å². The first-order valence-electron chi connectivity index (χ1n) is 10.9. The summed E-state index contributed by atoms with van der Waals surface area (Å²) in [6, 6.07) is 9.37. The molecule has 1 amide bonds. The van der Waals surface area contributed by atoms with Gasteiger partial charge < -0.3 is 19.7 Å². The molecular weight excluding hydrogens is 438 g/mol. The standard InChI is InChI=1S/C24H25N5O3S/c1-15-18(22-25-7-12-33-22)13-20(31-2)21-19(15)14-26-24(28-21)27-17-5-3-16(4-6-17)23(30)29-8-10-32-11-9-29/h3-6,13-14H,7-12H2,1-2H3,(H,26,27,28). The number of methoxy groups -OCH3 is 1. The third-order valence-corrected chi connectivity index (χ3v) is 6.84. The van der Waals surface area contributed by atoms with Crippen molar-refractivity contribution in [2.45, 2.75) is 6.92 Å². The highest BCUT2D eigenvalue weighted by molar-refractivity contribution is 8.14. The van der Waals surface area contributed by atoms with Crippen LogP contribution in [0.15, 0.2) is 41.5 Å². The van der Waals surface area contributed by atoms with Crippen LogP contribution in [0.3, 0.4) is 0 Å². The summed E-state index contributed by atoms with van der Waals surface area (Å²) in [5.41, 5.74) is 4.37. The third kappa shape index (κ3) is 4.38. The Morgan fingerprint density at radius 3 is 2.70 bits per heavy atom. The van der Waals surface area contributed by atoms with Crippen molar-refractivity contribution in [3.63, 3.8) is 0 Å². The molecule has 0 atom stereocenters. The summed E-state index contributed by atoms with van der Waals surface area (Å²) < 4.78 is 11.0. The van der Waals surface area contributed by atoms with E-state index in [9.17, 15) is 4.79 Å². The van der Waals surface area contributed by atoms with Gasteiger partial charge in [0.25, 0.3) is 5.91 Å². The van der Waals surface area contributed by atoms with E-state index in [4.69, 9.17) is 14.5 Å². The zero-order valence-electron chi connectivity index (χ0n) is 18.6. The van der Waals surface area contributed by atoms with Gasteiger partial charge in [0.2, 0.25) is 5.95 Å². The number of aromatic nitrogens is 2. The molecule has 8 nitrogen and oxygen atoms in total. The average Bonchev–Trinajstić information content (AvgIpc) is 3.40. The molecule has 1 N–H and O–H groups in total. The second kappa shape index (κ2) is 9.36. The van der Waals surface area contributed by atoms with Crippen molar-refractivity contribution in [3.05, 3.63) is 53.2 Å². The van der Waals surface area contributed by atoms with Gasteiger partial charge in [-0.25, -0.2) is 9.97 Å². The Hall–Kier alpha value is -3.17. The average molecular weight is 464 g/mol. The molecule has 5 rings (SSSR count). The molecule has 33 heavy (non-hydrogen) atoms. The van der Waals surface area contributed by atoms with Crippen LogP contribution in [0.1, 0.15) is 21.5 Å². The minimum atomic E-state index is 0.0212. The van der Waals surface area contributed by atoms with E-state index in [1.54, 1.807) is 18.9 Å². The Kier molecular flexibility index (Phi) is 6.15. The molecule has 1 saturated heterocycles. The molecular formula is C24H25N5O3S. The summed E-state index contributed by atoms with van der Waals surface area (Å²) in [6.45, 7) is 5.33. The number of aliphatic imine (C=N–C) groups is 1. The number of morpholine rings is 1. The Morgan fingerprint density at radius 1 is 1.21 bits per heavy atom. The van der Waals surface area contributed by atoms with Crippen LogP contribution < -0.4 is 10.1 Å². The number of anilines is 2. The predicted molar refractivity (Wildman–Crippen MR) is 131 cm³/mol. The van der Waals surface area contributed by atoms with E-state index < -0.39 is 0 Å². The Bertz CT molecular complexity index is 1220. The van der Waals surface area contributed by atoms with Crippen molar-refractivity contribution in [2.75, 3.05) is 51.0 Å². The summed E-state index contributed by atoms with van der Waals surface area (Å²) in [6.07, 6.45) is 1.82. The first-order valence-corrected chi connectivity index (χ1v) is 11.9. The van der Waals surface area contributed by atoms with E-state index in [1.165, 1.54) is 0 Å². The number of amides is 1. The molecule has 2 aliphatic heterocycles. The molecule has 1 fully saturated rings. The molecule has 9 heteroatoms. The predicted octanol–water partition coefficient (Wildman–Crippen LogP) is 3.66. The lowest BCUT2D eigenvalue weighted by atomic mass is 10.0. The van der Waals surface area contributed by atoms with Crippen LogP contribution in [-0.2, 0) is 4.74 Å². The zero-order valence-corrected chi connectivity index (χ0v) is 19.4. The van der Waals surface area contributed by atoms with E-state index in [2.05, 4.69) is 22.2 Å². The minimum Gasteiger partial charge on any atom is -0.494 e. The van der Waals surface area contributed by atoms with Crippen LogP contribution in [0.2, 0.25) is 0 Å². The zero-order chi connectivity index (χ0) is 22.8. The van der Waals surface area contributed by atoms with Gasteiger partial charge in [-0.05, 0) is 42.8 Å². The number of carbonyl (C=O) groups excluding carboxylic acids is 1. The molecule has 1 aromatic heterocycles. The normalized spacial score (nSPS) is 16.1. The molecule has 0 saturated carbocycles. The van der Waals surface area contributed by atoms with Gasteiger partial charge in [-0.1, -0.05) is 0 Å². The Morgan fingerprint density at radius 2 is 2.00 bits per heavy atom. The van der Waals surface area contributed by atoms with Gasteiger partial charge >= 0.3 is 0 Å². The van der Waals surface area contributed by atoms with Crippen molar-refractivity contribution >= 4 is 45.3 Å². The summed E-state index contributed by atoms with van der Waals surface area (Å²) >= 11 is 1.76. The van der Waals surface area contributed by atoms with Crippen molar-refractivity contribution in [3.8, 4) is 5.75 Å². The monoisotopic (exact) mass is 463 g/mol. The highest BCUT2D eigenvalue weighted by atomic mass is 32.2. The molecule has 0 aliphatic carbocycles. The first-order chi connectivity index (χ1) is 16.1. The van der Waals surface area contributed by atoms with Crippen LogP contribution in [0.4, 0.5) is 11.6 Å². The SMILES string of the molecule is COc1cc(C2=NCCS2)c(C)c2cnc(Nc3ccc(C(=O)N4CCOCC4)cc3)nc12. The molecule has 170 valence electrons. The maximum atomic E-state index is 12.6.